The fourth-order valence-electron chi connectivity index (χ4n) is 7.57. The third kappa shape index (κ3) is 5.19. The van der Waals surface area contributed by atoms with Gasteiger partial charge in [0.1, 0.15) is 0 Å². The molecule has 10 rings (SSSR count). The van der Waals surface area contributed by atoms with Gasteiger partial charge in [-0.15, -0.1) is 0 Å². The van der Waals surface area contributed by atoms with Crippen molar-refractivity contribution in [2.24, 2.45) is 0 Å². The molecule has 0 saturated heterocycles. The Morgan fingerprint density at radius 1 is 0.231 bits per heavy atom. The first-order chi connectivity index (χ1) is 25.8. The lowest BCUT2D eigenvalue weighted by Gasteiger charge is -2.13. The summed E-state index contributed by atoms with van der Waals surface area (Å²) in [5, 5.41) is 9.31. The highest BCUT2D eigenvalue weighted by molar-refractivity contribution is 6.04. The molecule has 0 fully saturated rings. The number of fused-ring (bicyclic) bond motifs is 4. The summed E-state index contributed by atoms with van der Waals surface area (Å²) in [5.41, 5.74) is 7.69. The zero-order valence-corrected chi connectivity index (χ0v) is 28.2. The summed E-state index contributed by atoms with van der Waals surface area (Å²) in [6.45, 7) is 0. The molecule has 10 aromatic rings. The first-order valence-electron chi connectivity index (χ1n) is 17.6. The standard InChI is InChI=1S/C49H31N3/c1-2-12-32(13-3-1)40-21-10-23-44-43(40)22-11-25-46(44)49-51-47(50-48(52-49)45-24-9-17-34-15-5-7-19-41(34)45)38-29-27-35-30-37(28-26-36(35)31-38)42-20-8-16-33-14-4-6-18-39(33)42/h1-31H. The minimum atomic E-state index is 0.643. The van der Waals surface area contributed by atoms with E-state index in [2.05, 4.69) is 188 Å². The van der Waals surface area contributed by atoms with E-state index in [1.165, 1.54) is 38.4 Å². The van der Waals surface area contributed by atoms with Gasteiger partial charge in [-0.3, -0.25) is 0 Å². The molecule has 0 bridgehead atoms. The van der Waals surface area contributed by atoms with E-state index in [9.17, 15) is 0 Å². The molecule has 1 aromatic heterocycles. The second-order valence-corrected chi connectivity index (χ2v) is 13.2. The van der Waals surface area contributed by atoms with Crippen LogP contribution in [0.1, 0.15) is 0 Å². The molecule has 3 nitrogen and oxygen atoms in total. The number of hydrogen-bond acceptors (Lipinski definition) is 3. The van der Waals surface area contributed by atoms with E-state index in [0.717, 1.165) is 43.6 Å². The van der Waals surface area contributed by atoms with E-state index >= 15 is 0 Å². The average molecular weight is 662 g/mol. The van der Waals surface area contributed by atoms with Crippen molar-refractivity contribution >= 4 is 43.1 Å². The van der Waals surface area contributed by atoms with Gasteiger partial charge in [0.2, 0.25) is 0 Å². The molecule has 0 radical (unpaired) electrons. The molecule has 0 N–H and O–H groups in total. The van der Waals surface area contributed by atoms with E-state index in [0.29, 0.717) is 17.5 Å². The third-order valence-electron chi connectivity index (χ3n) is 10.1. The number of rotatable bonds is 5. The predicted octanol–water partition coefficient (Wildman–Crippen LogP) is 12.8. The molecular weight excluding hydrogens is 631 g/mol. The smallest absolute Gasteiger partial charge is 0.164 e. The highest BCUT2D eigenvalue weighted by atomic mass is 15.0. The zero-order valence-electron chi connectivity index (χ0n) is 28.2. The van der Waals surface area contributed by atoms with Crippen LogP contribution in [0.25, 0.3) is 99.5 Å². The van der Waals surface area contributed by atoms with Crippen LogP contribution in [0.15, 0.2) is 188 Å². The van der Waals surface area contributed by atoms with Crippen LogP contribution < -0.4 is 0 Å². The molecule has 242 valence electrons. The fraction of sp³-hybridized carbons (Fsp3) is 0. The van der Waals surface area contributed by atoms with Gasteiger partial charge in [-0.25, -0.2) is 15.0 Å². The summed E-state index contributed by atoms with van der Waals surface area (Å²) in [4.78, 5) is 15.6. The van der Waals surface area contributed by atoms with Crippen LogP contribution in [-0.4, -0.2) is 15.0 Å². The quantitative estimate of drug-likeness (QED) is 0.184. The zero-order chi connectivity index (χ0) is 34.4. The van der Waals surface area contributed by atoms with E-state index in [1.807, 2.05) is 0 Å². The predicted molar refractivity (Wildman–Crippen MR) is 217 cm³/mol. The van der Waals surface area contributed by atoms with E-state index < -0.39 is 0 Å². The number of benzene rings is 9. The van der Waals surface area contributed by atoms with Crippen molar-refractivity contribution in [1.82, 2.24) is 15.0 Å². The lowest BCUT2D eigenvalue weighted by molar-refractivity contribution is 1.08. The molecule has 0 aliphatic heterocycles. The van der Waals surface area contributed by atoms with Crippen molar-refractivity contribution in [1.29, 1.82) is 0 Å². The molecule has 0 amide bonds. The monoisotopic (exact) mass is 661 g/mol. The van der Waals surface area contributed by atoms with Gasteiger partial charge >= 0.3 is 0 Å². The van der Waals surface area contributed by atoms with E-state index in [-0.39, 0.29) is 0 Å². The Morgan fingerprint density at radius 3 is 1.33 bits per heavy atom. The normalized spacial score (nSPS) is 11.5. The van der Waals surface area contributed by atoms with Crippen molar-refractivity contribution in [2.45, 2.75) is 0 Å². The van der Waals surface area contributed by atoms with E-state index in [4.69, 9.17) is 15.0 Å². The molecule has 9 aromatic carbocycles. The Bertz CT molecular complexity index is 2960. The fourth-order valence-corrected chi connectivity index (χ4v) is 7.57. The van der Waals surface area contributed by atoms with Gasteiger partial charge in [-0.2, -0.15) is 0 Å². The van der Waals surface area contributed by atoms with Gasteiger partial charge in [-0.05, 0) is 77.5 Å². The van der Waals surface area contributed by atoms with Gasteiger partial charge in [0, 0.05) is 16.7 Å². The maximum Gasteiger partial charge on any atom is 0.164 e. The molecule has 1 heterocycles. The molecule has 0 unspecified atom stereocenters. The molecule has 0 saturated carbocycles. The van der Waals surface area contributed by atoms with Gasteiger partial charge < -0.3 is 0 Å². The van der Waals surface area contributed by atoms with Gasteiger partial charge in [-0.1, -0.05) is 176 Å². The summed E-state index contributed by atoms with van der Waals surface area (Å²) in [7, 11) is 0. The van der Waals surface area contributed by atoms with Crippen LogP contribution in [0.2, 0.25) is 0 Å². The third-order valence-corrected chi connectivity index (χ3v) is 10.1. The summed E-state index contributed by atoms with van der Waals surface area (Å²) in [6.07, 6.45) is 0. The Kier molecular flexibility index (Phi) is 7.14. The summed E-state index contributed by atoms with van der Waals surface area (Å²) in [6, 6.07) is 66.5. The van der Waals surface area contributed by atoms with E-state index in [1.54, 1.807) is 0 Å². The largest absolute Gasteiger partial charge is 0.208 e. The number of hydrogen-bond donors (Lipinski definition) is 0. The van der Waals surface area contributed by atoms with Crippen LogP contribution >= 0.6 is 0 Å². The molecule has 0 aliphatic carbocycles. The highest BCUT2D eigenvalue weighted by Gasteiger charge is 2.17. The molecular formula is C49H31N3. The van der Waals surface area contributed by atoms with Gasteiger partial charge in [0.05, 0.1) is 0 Å². The van der Waals surface area contributed by atoms with Crippen LogP contribution in [0.4, 0.5) is 0 Å². The number of nitrogens with zero attached hydrogens (tertiary/aromatic N) is 3. The Labute approximate surface area is 301 Å². The Hall–Kier alpha value is -6.97. The summed E-state index contributed by atoms with van der Waals surface area (Å²) < 4.78 is 0. The maximum atomic E-state index is 5.22. The van der Waals surface area contributed by atoms with Gasteiger partial charge in [0.15, 0.2) is 17.5 Å². The lowest BCUT2D eigenvalue weighted by Crippen LogP contribution is -2.01. The Balaban J connectivity index is 1.15. The van der Waals surface area contributed by atoms with Crippen molar-refractivity contribution in [2.75, 3.05) is 0 Å². The topological polar surface area (TPSA) is 38.7 Å². The van der Waals surface area contributed by atoms with Crippen molar-refractivity contribution in [3.05, 3.63) is 188 Å². The maximum absolute atomic E-state index is 5.22. The van der Waals surface area contributed by atoms with Crippen LogP contribution in [0, 0.1) is 0 Å². The minimum Gasteiger partial charge on any atom is -0.208 e. The first kappa shape index (κ1) is 29.9. The molecule has 0 spiro atoms. The summed E-state index contributed by atoms with van der Waals surface area (Å²) in [5.74, 6) is 1.94. The first-order valence-corrected chi connectivity index (χ1v) is 17.6. The van der Waals surface area contributed by atoms with Gasteiger partial charge in [0.25, 0.3) is 0 Å². The second kappa shape index (κ2) is 12.4. The Morgan fingerprint density at radius 2 is 0.654 bits per heavy atom. The molecule has 0 atom stereocenters. The minimum absolute atomic E-state index is 0.643. The van der Waals surface area contributed by atoms with Crippen LogP contribution in [0.5, 0.6) is 0 Å². The molecule has 3 heteroatoms. The van der Waals surface area contributed by atoms with Crippen molar-refractivity contribution in [3.8, 4) is 56.4 Å². The van der Waals surface area contributed by atoms with Crippen LogP contribution in [-0.2, 0) is 0 Å². The lowest BCUT2D eigenvalue weighted by atomic mass is 9.95. The summed E-state index contributed by atoms with van der Waals surface area (Å²) >= 11 is 0. The van der Waals surface area contributed by atoms with Crippen molar-refractivity contribution < 1.29 is 0 Å². The van der Waals surface area contributed by atoms with Crippen molar-refractivity contribution in [3.63, 3.8) is 0 Å². The average Bonchev–Trinajstić information content (AvgIpc) is 3.22. The van der Waals surface area contributed by atoms with Crippen LogP contribution in [0.3, 0.4) is 0 Å². The SMILES string of the molecule is c1ccc(-c2cccc3c(-c4nc(-c5ccc6cc(-c7cccc8ccccc78)ccc6c5)nc(-c5cccc6ccccc56)n4)cccc23)cc1. The second-order valence-electron chi connectivity index (χ2n) is 13.2. The highest BCUT2D eigenvalue weighted by Crippen LogP contribution is 2.37. The molecule has 0 aliphatic rings. The molecule has 52 heavy (non-hydrogen) atoms. The number of aromatic nitrogens is 3.